The quantitative estimate of drug-likeness (QED) is 0.510. The Hall–Kier alpha value is -1.49. The fourth-order valence-electron chi connectivity index (χ4n) is 1.38. The Morgan fingerprint density at radius 2 is 2.00 bits per heavy atom. The second kappa shape index (κ2) is 8.58. The molecule has 0 bridgehead atoms. The first-order valence-electron chi connectivity index (χ1n) is 6.35. The number of hydrogen-bond acceptors (Lipinski definition) is 4. The maximum absolute atomic E-state index is 11.5. The lowest BCUT2D eigenvalue weighted by Crippen LogP contribution is -2.09. The molecule has 0 fully saturated rings. The van der Waals surface area contributed by atoms with Crippen molar-refractivity contribution < 1.29 is 9.53 Å². The first-order valence-corrected chi connectivity index (χ1v) is 7.33. The smallest absolute Gasteiger partial charge is 0.338 e. The molecule has 104 valence electrons. The van der Waals surface area contributed by atoms with Crippen molar-refractivity contribution in [1.82, 2.24) is 0 Å². The van der Waals surface area contributed by atoms with Crippen LogP contribution in [0.1, 0.15) is 30.6 Å². The van der Waals surface area contributed by atoms with Gasteiger partial charge in [-0.2, -0.15) is 0 Å². The minimum absolute atomic E-state index is 0.293. The molecule has 19 heavy (non-hydrogen) atoms. The van der Waals surface area contributed by atoms with Gasteiger partial charge in [0.05, 0.1) is 12.2 Å². The van der Waals surface area contributed by atoms with Gasteiger partial charge in [-0.15, -0.1) is 0 Å². The molecule has 0 amide bonds. The van der Waals surface area contributed by atoms with Gasteiger partial charge in [0, 0.05) is 18.5 Å². The van der Waals surface area contributed by atoms with Crippen molar-refractivity contribution in [3.05, 3.63) is 29.8 Å². The van der Waals surface area contributed by atoms with Gasteiger partial charge in [0.25, 0.3) is 0 Å². The maximum Gasteiger partial charge on any atom is 0.338 e. The summed E-state index contributed by atoms with van der Waals surface area (Å²) in [7, 11) is 1.76. The molecule has 0 saturated heterocycles. The molecule has 1 aromatic carbocycles. The molecule has 0 spiro atoms. The predicted molar refractivity (Wildman–Crippen MR) is 82.1 cm³/mol. The topological polar surface area (TPSA) is 50.7 Å². The highest BCUT2D eigenvalue weighted by atomic mass is 32.2. The highest BCUT2D eigenvalue weighted by Gasteiger charge is 2.06. The molecule has 0 saturated carbocycles. The van der Waals surface area contributed by atoms with E-state index in [0.29, 0.717) is 12.2 Å². The summed E-state index contributed by atoms with van der Waals surface area (Å²) in [6.07, 6.45) is 1.10. The van der Waals surface area contributed by atoms with Crippen LogP contribution >= 0.6 is 11.8 Å². The molecular formula is C14H20N2O2S. The third-order valence-corrected chi connectivity index (χ3v) is 3.46. The van der Waals surface area contributed by atoms with Gasteiger partial charge in [0.15, 0.2) is 5.17 Å². The van der Waals surface area contributed by atoms with E-state index < -0.39 is 0 Å². The van der Waals surface area contributed by atoms with Crippen molar-refractivity contribution in [2.24, 2.45) is 4.99 Å². The third-order valence-electron chi connectivity index (χ3n) is 2.29. The van der Waals surface area contributed by atoms with Gasteiger partial charge < -0.3 is 10.1 Å². The lowest BCUT2D eigenvalue weighted by molar-refractivity contribution is 0.0526. The van der Waals surface area contributed by atoms with Gasteiger partial charge in [0.2, 0.25) is 0 Å². The van der Waals surface area contributed by atoms with Gasteiger partial charge >= 0.3 is 5.97 Å². The zero-order valence-corrected chi connectivity index (χ0v) is 12.4. The standard InChI is InChI=1S/C14H20N2O2S/c1-4-10-19-14(15-3)16-12-8-6-11(7-9-12)13(17)18-5-2/h6-9H,4-5,10H2,1-3H3,(H,15,16). The summed E-state index contributed by atoms with van der Waals surface area (Å²) in [4.78, 5) is 15.7. The lowest BCUT2D eigenvalue weighted by Gasteiger charge is -2.09. The number of hydrogen-bond donors (Lipinski definition) is 1. The highest BCUT2D eigenvalue weighted by molar-refractivity contribution is 8.14. The summed E-state index contributed by atoms with van der Waals surface area (Å²) in [6.45, 7) is 4.32. The van der Waals surface area contributed by atoms with E-state index in [9.17, 15) is 4.79 Å². The van der Waals surface area contributed by atoms with Gasteiger partial charge in [-0.25, -0.2) is 4.79 Å². The largest absolute Gasteiger partial charge is 0.462 e. The van der Waals surface area contributed by atoms with Gasteiger partial charge in [-0.1, -0.05) is 18.7 Å². The summed E-state index contributed by atoms with van der Waals surface area (Å²) in [5, 5.41) is 4.10. The maximum atomic E-state index is 11.5. The summed E-state index contributed by atoms with van der Waals surface area (Å²) >= 11 is 1.68. The van der Waals surface area contributed by atoms with Crippen molar-refractivity contribution in [2.75, 3.05) is 24.7 Å². The molecule has 0 aromatic heterocycles. The first kappa shape index (κ1) is 15.6. The van der Waals surface area contributed by atoms with Crippen LogP contribution in [0.3, 0.4) is 0 Å². The van der Waals surface area contributed by atoms with E-state index in [4.69, 9.17) is 4.74 Å². The Kier molecular flexibility index (Phi) is 7.03. The van der Waals surface area contributed by atoms with Gasteiger partial charge in [0.1, 0.15) is 0 Å². The third kappa shape index (κ3) is 5.34. The number of esters is 1. The van der Waals surface area contributed by atoms with Crippen LogP contribution in [0.15, 0.2) is 29.3 Å². The molecule has 0 atom stereocenters. The highest BCUT2D eigenvalue weighted by Crippen LogP contribution is 2.14. The lowest BCUT2D eigenvalue weighted by atomic mass is 10.2. The molecule has 0 aliphatic rings. The van der Waals surface area contributed by atoms with E-state index in [2.05, 4.69) is 17.2 Å². The van der Waals surface area contributed by atoms with Crippen molar-refractivity contribution in [2.45, 2.75) is 20.3 Å². The number of nitrogens with one attached hydrogen (secondary N) is 1. The Balaban J connectivity index is 2.63. The number of carbonyl (C=O) groups excluding carboxylic acids is 1. The Morgan fingerprint density at radius 3 is 2.53 bits per heavy atom. The van der Waals surface area contributed by atoms with Crippen LogP contribution in [0, 0.1) is 0 Å². The molecule has 0 aliphatic heterocycles. The van der Waals surface area contributed by atoms with Crippen molar-refractivity contribution in [3.8, 4) is 0 Å². The Bertz CT molecular complexity index is 430. The van der Waals surface area contributed by atoms with E-state index in [1.807, 2.05) is 12.1 Å². The van der Waals surface area contributed by atoms with E-state index in [-0.39, 0.29) is 5.97 Å². The molecule has 5 heteroatoms. The average Bonchev–Trinajstić information content (AvgIpc) is 2.44. The molecule has 4 nitrogen and oxygen atoms in total. The van der Waals surface area contributed by atoms with Crippen molar-refractivity contribution in [1.29, 1.82) is 0 Å². The molecule has 1 aromatic rings. The molecule has 0 unspecified atom stereocenters. The van der Waals surface area contributed by atoms with Crippen LogP contribution in [-0.4, -0.2) is 30.5 Å². The number of aliphatic imine (C=N–C) groups is 1. The zero-order chi connectivity index (χ0) is 14.1. The van der Waals surface area contributed by atoms with Gasteiger partial charge in [-0.3, -0.25) is 4.99 Å². The number of ether oxygens (including phenoxy) is 1. The van der Waals surface area contributed by atoms with E-state index in [1.54, 1.807) is 37.9 Å². The minimum atomic E-state index is -0.293. The number of rotatable bonds is 5. The predicted octanol–water partition coefficient (Wildman–Crippen LogP) is 3.40. The normalized spacial score (nSPS) is 11.2. The summed E-state index contributed by atoms with van der Waals surface area (Å²) in [5.74, 6) is 0.736. The molecule has 0 aliphatic carbocycles. The fraction of sp³-hybridized carbons (Fsp3) is 0.429. The molecule has 1 rings (SSSR count). The van der Waals surface area contributed by atoms with Crippen molar-refractivity contribution >= 4 is 28.6 Å². The summed E-state index contributed by atoms with van der Waals surface area (Å²) in [5.41, 5.74) is 1.47. The number of nitrogens with zero attached hydrogens (tertiary/aromatic N) is 1. The number of anilines is 1. The SMILES string of the molecule is CCCSC(=NC)Nc1ccc(C(=O)OCC)cc1. The van der Waals surface area contributed by atoms with E-state index >= 15 is 0 Å². The summed E-state index contributed by atoms with van der Waals surface area (Å²) in [6, 6.07) is 7.20. The monoisotopic (exact) mass is 280 g/mol. The second-order valence-electron chi connectivity index (χ2n) is 3.80. The van der Waals surface area contributed by atoms with Crippen LogP contribution in [-0.2, 0) is 4.74 Å². The second-order valence-corrected chi connectivity index (χ2v) is 4.88. The van der Waals surface area contributed by atoms with E-state index in [1.165, 1.54) is 0 Å². The van der Waals surface area contributed by atoms with E-state index in [0.717, 1.165) is 23.0 Å². The molecular weight excluding hydrogens is 260 g/mol. The number of benzene rings is 1. The average molecular weight is 280 g/mol. The number of carbonyl (C=O) groups is 1. The molecule has 1 N–H and O–H groups in total. The molecule has 0 heterocycles. The van der Waals surface area contributed by atoms with Crippen molar-refractivity contribution in [3.63, 3.8) is 0 Å². The van der Waals surface area contributed by atoms with Crippen LogP contribution in [0.2, 0.25) is 0 Å². The number of amidine groups is 1. The fourth-order valence-corrected chi connectivity index (χ4v) is 2.10. The zero-order valence-electron chi connectivity index (χ0n) is 11.6. The Labute approximate surface area is 118 Å². The summed E-state index contributed by atoms with van der Waals surface area (Å²) < 4.78 is 4.94. The minimum Gasteiger partial charge on any atom is -0.462 e. The first-order chi connectivity index (χ1) is 9.21. The van der Waals surface area contributed by atoms with Crippen LogP contribution in [0.4, 0.5) is 5.69 Å². The van der Waals surface area contributed by atoms with Crippen LogP contribution < -0.4 is 5.32 Å². The van der Waals surface area contributed by atoms with Crippen LogP contribution in [0.25, 0.3) is 0 Å². The van der Waals surface area contributed by atoms with Gasteiger partial charge in [-0.05, 0) is 37.6 Å². The van der Waals surface area contributed by atoms with Crippen LogP contribution in [0.5, 0.6) is 0 Å². The molecule has 0 radical (unpaired) electrons. The Morgan fingerprint density at radius 1 is 1.32 bits per heavy atom. The number of thioether (sulfide) groups is 1.